The number of hydrogen-bond acceptors (Lipinski definition) is 9. The third-order valence-corrected chi connectivity index (χ3v) is 7.44. The summed E-state index contributed by atoms with van der Waals surface area (Å²) >= 11 is 1.19. The van der Waals surface area contributed by atoms with Crippen LogP contribution in [0.25, 0.3) is 17.4 Å². The largest absolute Gasteiger partial charge is 0.493 e. The smallest absolute Gasteiger partial charge is 0.338 e. The second kappa shape index (κ2) is 11.1. The van der Waals surface area contributed by atoms with Crippen molar-refractivity contribution >= 4 is 23.4 Å². The number of carbonyl (C=O) groups excluding carboxylic acids is 1. The van der Waals surface area contributed by atoms with Gasteiger partial charge in [-0.05, 0) is 55.8 Å². The highest BCUT2D eigenvalue weighted by molar-refractivity contribution is 7.07. The average Bonchev–Trinajstić information content (AvgIpc) is 3.55. The summed E-state index contributed by atoms with van der Waals surface area (Å²) in [6.07, 6.45) is 1.64. The number of esters is 1. The highest BCUT2D eigenvalue weighted by Crippen LogP contribution is 2.36. The van der Waals surface area contributed by atoms with Crippen molar-refractivity contribution in [3.8, 4) is 28.9 Å². The van der Waals surface area contributed by atoms with Crippen molar-refractivity contribution in [2.45, 2.75) is 19.9 Å². The molecule has 0 amide bonds. The van der Waals surface area contributed by atoms with E-state index in [1.54, 1.807) is 68.5 Å². The molecular weight excluding hydrogens is 530 g/mol. The van der Waals surface area contributed by atoms with Crippen LogP contribution in [-0.4, -0.2) is 31.4 Å². The van der Waals surface area contributed by atoms with Gasteiger partial charge >= 0.3 is 5.97 Å². The van der Waals surface area contributed by atoms with E-state index in [4.69, 9.17) is 18.6 Å². The average molecular weight is 556 g/mol. The van der Waals surface area contributed by atoms with Crippen LogP contribution in [0.3, 0.4) is 0 Å². The summed E-state index contributed by atoms with van der Waals surface area (Å²) in [5.74, 6) is 1.38. The molecule has 0 radical (unpaired) electrons. The maximum atomic E-state index is 13.9. The minimum Gasteiger partial charge on any atom is -0.493 e. The number of allylic oxidation sites excluding steroid dienone is 1. The fourth-order valence-electron chi connectivity index (χ4n) is 4.63. The van der Waals surface area contributed by atoms with E-state index in [1.165, 1.54) is 30.1 Å². The predicted octanol–water partition coefficient (Wildman–Crippen LogP) is 3.95. The van der Waals surface area contributed by atoms with Gasteiger partial charge in [0.15, 0.2) is 16.3 Å². The number of thiazole rings is 1. The highest BCUT2D eigenvalue weighted by atomic mass is 32.1. The SMILES string of the molecule is CCOC(=O)C1=C(C)N=c2s/c(=C\c3ccc(-c4ccccc4C#N)o3)c(=O)n2C1c1ccc(OC)c(OC)c1. The fraction of sp³-hybridized carbons (Fsp3) is 0.200. The molecule has 1 aliphatic rings. The van der Waals surface area contributed by atoms with Crippen LogP contribution in [0.1, 0.15) is 36.8 Å². The Labute approximate surface area is 233 Å². The Balaban J connectivity index is 1.66. The molecular formula is C30H25N3O6S. The van der Waals surface area contributed by atoms with Crippen molar-refractivity contribution in [2.24, 2.45) is 4.99 Å². The molecule has 2 aromatic carbocycles. The summed E-state index contributed by atoms with van der Waals surface area (Å²) in [6, 6.07) is 17.2. The Morgan fingerprint density at radius 2 is 1.93 bits per heavy atom. The van der Waals surface area contributed by atoms with Crippen LogP contribution in [0.5, 0.6) is 11.5 Å². The van der Waals surface area contributed by atoms with E-state index in [1.807, 2.05) is 6.07 Å². The first-order valence-electron chi connectivity index (χ1n) is 12.4. The maximum absolute atomic E-state index is 13.9. The summed E-state index contributed by atoms with van der Waals surface area (Å²) in [7, 11) is 3.06. The van der Waals surface area contributed by atoms with E-state index in [9.17, 15) is 14.9 Å². The van der Waals surface area contributed by atoms with Gasteiger partial charge in [-0.1, -0.05) is 29.5 Å². The number of methoxy groups -OCH3 is 2. The van der Waals surface area contributed by atoms with E-state index in [0.717, 1.165) is 0 Å². The molecule has 0 spiro atoms. The number of carbonyl (C=O) groups is 1. The molecule has 3 heterocycles. The molecule has 0 N–H and O–H groups in total. The summed E-state index contributed by atoms with van der Waals surface area (Å²) in [5, 5.41) is 9.44. The minimum absolute atomic E-state index is 0.175. The molecule has 0 saturated heterocycles. The minimum atomic E-state index is -0.799. The number of rotatable bonds is 7. The molecule has 2 aromatic heterocycles. The second-order valence-electron chi connectivity index (χ2n) is 8.78. The molecule has 0 aliphatic carbocycles. The van der Waals surface area contributed by atoms with Gasteiger partial charge < -0.3 is 18.6 Å². The number of hydrogen-bond donors (Lipinski definition) is 0. The molecule has 10 heteroatoms. The van der Waals surface area contributed by atoms with Crippen molar-refractivity contribution in [2.75, 3.05) is 20.8 Å². The summed E-state index contributed by atoms with van der Waals surface area (Å²) in [4.78, 5) is 32.0. The number of aromatic nitrogens is 1. The van der Waals surface area contributed by atoms with Crippen molar-refractivity contribution < 1.29 is 23.4 Å². The summed E-state index contributed by atoms with van der Waals surface area (Å²) in [6.45, 7) is 3.62. The number of benzene rings is 2. The molecule has 0 fully saturated rings. The van der Waals surface area contributed by atoms with Crippen molar-refractivity contribution in [3.05, 3.63) is 102 Å². The zero-order valence-electron chi connectivity index (χ0n) is 22.3. The van der Waals surface area contributed by atoms with Crippen LogP contribution in [0.15, 0.2) is 80.1 Å². The summed E-state index contributed by atoms with van der Waals surface area (Å²) in [5.41, 5.74) is 2.17. The monoisotopic (exact) mass is 555 g/mol. The Bertz CT molecular complexity index is 1870. The van der Waals surface area contributed by atoms with Crippen LogP contribution in [0.2, 0.25) is 0 Å². The van der Waals surface area contributed by atoms with Crippen molar-refractivity contribution in [3.63, 3.8) is 0 Å². The lowest BCUT2D eigenvalue weighted by Crippen LogP contribution is -2.39. The molecule has 202 valence electrons. The van der Waals surface area contributed by atoms with Gasteiger partial charge in [-0.15, -0.1) is 0 Å². The zero-order valence-corrected chi connectivity index (χ0v) is 23.1. The van der Waals surface area contributed by atoms with Gasteiger partial charge in [0.2, 0.25) is 0 Å². The lowest BCUT2D eigenvalue weighted by Gasteiger charge is -2.25. The third-order valence-electron chi connectivity index (χ3n) is 6.45. The molecule has 9 nitrogen and oxygen atoms in total. The number of nitriles is 1. The second-order valence-corrected chi connectivity index (χ2v) is 9.79. The van der Waals surface area contributed by atoms with E-state index in [2.05, 4.69) is 11.1 Å². The van der Waals surface area contributed by atoms with Gasteiger partial charge in [0.25, 0.3) is 5.56 Å². The number of ether oxygens (including phenoxy) is 3. The maximum Gasteiger partial charge on any atom is 0.338 e. The lowest BCUT2D eigenvalue weighted by molar-refractivity contribution is -0.139. The van der Waals surface area contributed by atoms with E-state index in [0.29, 0.717) is 54.7 Å². The number of nitrogens with zero attached hydrogens (tertiary/aromatic N) is 3. The van der Waals surface area contributed by atoms with Gasteiger partial charge in [-0.2, -0.15) is 5.26 Å². The molecule has 0 saturated carbocycles. The van der Waals surface area contributed by atoms with Crippen LogP contribution >= 0.6 is 11.3 Å². The van der Waals surface area contributed by atoms with Crippen LogP contribution < -0.4 is 24.4 Å². The Hall–Kier alpha value is -4.88. The molecule has 5 rings (SSSR count). The van der Waals surface area contributed by atoms with Gasteiger partial charge in [0.1, 0.15) is 11.5 Å². The number of furan rings is 1. The van der Waals surface area contributed by atoms with Gasteiger partial charge in [0, 0.05) is 11.6 Å². The summed E-state index contributed by atoms with van der Waals surface area (Å²) < 4.78 is 24.1. The lowest BCUT2D eigenvalue weighted by atomic mass is 9.95. The molecule has 4 aromatic rings. The number of fused-ring (bicyclic) bond motifs is 1. The molecule has 40 heavy (non-hydrogen) atoms. The first kappa shape index (κ1) is 26.7. The highest BCUT2D eigenvalue weighted by Gasteiger charge is 2.34. The quantitative estimate of drug-likeness (QED) is 0.317. The van der Waals surface area contributed by atoms with E-state index >= 15 is 0 Å². The van der Waals surface area contributed by atoms with Crippen LogP contribution in [0, 0.1) is 11.3 Å². The molecule has 0 bridgehead atoms. The molecule has 1 atom stereocenters. The zero-order chi connectivity index (χ0) is 28.4. The van der Waals surface area contributed by atoms with Gasteiger partial charge in [-0.3, -0.25) is 9.36 Å². The standard InChI is InChI=1S/C30H25N3O6S/c1-5-38-29(35)26-17(2)32-30-33(27(26)18-10-12-23(36-3)24(14-18)37-4)28(34)25(40-30)15-20-11-13-22(39-20)21-9-7-6-8-19(21)16-31/h6-15,27H,5H2,1-4H3/b25-15-. The van der Waals surface area contributed by atoms with Crippen molar-refractivity contribution in [1.29, 1.82) is 5.26 Å². The molecule has 1 unspecified atom stereocenters. The van der Waals surface area contributed by atoms with Crippen LogP contribution in [0.4, 0.5) is 0 Å². The first-order chi connectivity index (χ1) is 19.4. The molecule has 1 aliphatic heterocycles. The predicted molar refractivity (Wildman–Crippen MR) is 149 cm³/mol. The topological polar surface area (TPSA) is 116 Å². The normalized spacial score (nSPS) is 14.8. The third kappa shape index (κ3) is 4.72. The van der Waals surface area contributed by atoms with Crippen molar-refractivity contribution in [1.82, 2.24) is 4.57 Å². The van der Waals surface area contributed by atoms with Gasteiger partial charge in [-0.25, -0.2) is 9.79 Å². The fourth-order valence-corrected chi connectivity index (χ4v) is 5.66. The Morgan fingerprint density at radius 1 is 1.15 bits per heavy atom. The van der Waals surface area contributed by atoms with Gasteiger partial charge in [0.05, 0.1) is 54.3 Å². The van der Waals surface area contributed by atoms with E-state index in [-0.39, 0.29) is 17.7 Å². The Morgan fingerprint density at radius 3 is 2.65 bits per heavy atom. The van der Waals surface area contributed by atoms with Crippen LogP contribution in [-0.2, 0) is 9.53 Å². The Kier molecular flexibility index (Phi) is 7.40. The van der Waals surface area contributed by atoms with E-state index < -0.39 is 12.0 Å². The first-order valence-corrected chi connectivity index (χ1v) is 13.2.